The SMILES string of the molecule is CC(C)C.COCCCCN1C(=O)C(C)Sc2cc(C)c(C(=O)N(C(C)C)[C@@H]3CCCNC3)cc21. The van der Waals surface area contributed by atoms with Crippen LogP contribution in [-0.2, 0) is 9.53 Å². The average molecular weight is 506 g/mol. The number of benzene rings is 1. The van der Waals surface area contributed by atoms with Gasteiger partial charge in [-0.3, -0.25) is 9.59 Å². The second-order valence-electron chi connectivity index (χ2n) is 10.6. The third-order valence-corrected chi connectivity index (χ3v) is 7.32. The zero-order valence-corrected chi connectivity index (χ0v) is 24.0. The van der Waals surface area contributed by atoms with Crippen molar-refractivity contribution in [3.8, 4) is 0 Å². The molecular weight excluding hydrogens is 458 g/mol. The maximum absolute atomic E-state index is 13.7. The van der Waals surface area contributed by atoms with Crippen LogP contribution in [0.15, 0.2) is 17.0 Å². The van der Waals surface area contributed by atoms with E-state index in [1.54, 1.807) is 18.9 Å². The molecule has 1 N–H and O–H groups in total. The first-order valence-corrected chi connectivity index (χ1v) is 14.1. The highest BCUT2D eigenvalue weighted by Crippen LogP contribution is 2.41. The molecule has 6 nitrogen and oxygen atoms in total. The van der Waals surface area contributed by atoms with Crippen LogP contribution in [0.2, 0.25) is 0 Å². The Morgan fingerprint density at radius 3 is 2.49 bits per heavy atom. The zero-order chi connectivity index (χ0) is 26.1. The van der Waals surface area contributed by atoms with Crippen molar-refractivity contribution in [1.82, 2.24) is 10.2 Å². The lowest BCUT2D eigenvalue weighted by Gasteiger charge is -2.38. The predicted octanol–water partition coefficient (Wildman–Crippen LogP) is 5.51. The number of hydrogen-bond donors (Lipinski definition) is 1. The molecule has 1 saturated heterocycles. The van der Waals surface area contributed by atoms with Gasteiger partial charge in [-0.05, 0) is 83.5 Å². The van der Waals surface area contributed by atoms with Crippen molar-refractivity contribution in [3.63, 3.8) is 0 Å². The molecule has 2 amide bonds. The lowest BCUT2D eigenvalue weighted by atomic mass is 10.00. The fourth-order valence-electron chi connectivity index (χ4n) is 4.56. The molecule has 1 unspecified atom stereocenters. The van der Waals surface area contributed by atoms with Crippen molar-refractivity contribution in [2.45, 2.75) is 96.4 Å². The van der Waals surface area contributed by atoms with Crippen LogP contribution in [0.1, 0.15) is 83.1 Å². The third-order valence-electron chi connectivity index (χ3n) is 6.18. The number of nitrogens with zero attached hydrogens (tertiary/aromatic N) is 2. The van der Waals surface area contributed by atoms with Gasteiger partial charge in [0.15, 0.2) is 0 Å². The number of carbonyl (C=O) groups excluding carboxylic acids is 2. The lowest BCUT2D eigenvalue weighted by Crippen LogP contribution is -2.51. The van der Waals surface area contributed by atoms with Gasteiger partial charge in [-0.2, -0.15) is 0 Å². The van der Waals surface area contributed by atoms with Crippen molar-refractivity contribution in [1.29, 1.82) is 0 Å². The third kappa shape index (κ3) is 8.22. The van der Waals surface area contributed by atoms with Gasteiger partial charge in [0.25, 0.3) is 5.91 Å². The summed E-state index contributed by atoms with van der Waals surface area (Å²) < 4.78 is 5.16. The molecule has 0 spiro atoms. The topological polar surface area (TPSA) is 61.9 Å². The van der Waals surface area contributed by atoms with E-state index in [4.69, 9.17) is 4.74 Å². The number of carbonyl (C=O) groups is 2. The first kappa shape index (κ1) is 29.7. The largest absolute Gasteiger partial charge is 0.385 e. The smallest absolute Gasteiger partial charge is 0.254 e. The Hall–Kier alpha value is -1.57. The van der Waals surface area contributed by atoms with Gasteiger partial charge in [-0.1, -0.05) is 20.8 Å². The van der Waals surface area contributed by atoms with E-state index in [-0.39, 0.29) is 29.1 Å². The van der Waals surface area contributed by atoms with Crippen molar-refractivity contribution in [3.05, 3.63) is 23.3 Å². The fraction of sp³-hybridized carbons (Fsp3) is 0.714. The molecule has 1 aromatic rings. The summed E-state index contributed by atoms with van der Waals surface area (Å²) >= 11 is 1.59. The summed E-state index contributed by atoms with van der Waals surface area (Å²) in [7, 11) is 1.70. The molecule has 3 rings (SSSR count). The minimum Gasteiger partial charge on any atom is -0.385 e. The Morgan fingerprint density at radius 1 is 1.23 bits per heavy atom. The Bertz CT molecular complexity index is 834. The number of hydrogen-bond acceptors (Lipinski definition) is 5. The maximum Gasteiger partial charge on any atom is 0.254 e. The van der Waals surface area contributed by atoms with Crippen LogP contribution in [0.4, 0.5) is 5.69 Å². The van der Waals surface area contributed by atoms with Crippen molar-refractivity contribution >= 4 is 29.3 Å². The number of nitrogens with one attached hydrogen (secondary N) is 1. The van der Waals surface area contributed by atoms with Crippen LogP contribution in [0.3, 0.4) is 0 Å². The molecule has 0 radical (unpaired) electrons. The van der Waals surface area contributed by atoms with Gasteiger partial charge < -0.3 is 19.9 Å². The molecule has 1 fully saturated rings. The number of anilines is 1. The molecule has 2 atom stereocenters. The summed E-state index contributed by atoms with van der Waals surface area (Å²) in [6, 6.07) is 4.38. The summed E-state index contributed by atoms with van der Waals surface area (Å²) in [5.74, 6) is 1.02. The highest BCUT2D eigenvalue weighted by Gasteiger charge is 2.34. The van der Waals surface area contributed by atoms with Crippen LogP contribution in [0.5, 0.6) is 0 Å². The van der Waals surface area contributed by atoms with Crippen LogP contribution in [0.25, 0.3) is 0 Å². The van der Waals surface area contributed by atoms with Crippen LogP contribution in [0, 0.1) is 12.8 Å². The molecular formula is C28H47N3O3S. The molecule has 0 saturated carbocycles. The predicted molar refractivity (Wildman–Crippen MR) is 148 cm³/mol. The van der Waals surface area contributed by atoms with Gasteiger partial charge in [0, 0.05) is 49.3 Å². The first-order chi connectivity index (χ1) is 16.6. The van der Waals surface area contributed by atoms with Gasteiger partial charge >= 0.3 is 0 Å². The molecule has 198 valence electrons. The van der Waals surface area contributed by atoms with E-state index in [0.29, 0.717) is 18.7 Å². The fourth-order valence-corrected chi connectivity index (χ4v) is 5.71. The minimum absolute atomic E-state index is 0.0689. The molecule has 2 aliphatic heterocycles. The van der Waals surface area contributed by atoms with E-state index in [0.717, 1.165) is 60.8 Å². The summed E-state index contributed by atoms with van der Waals surface area (Å²) in [5, 5.41) is 3.32. The molecule has 0 bridgehead atoms. The van der Waals surface area contributed by atoms with E-state index in [9.17, 15) is 9.59 Å². The summed E-state index contributed by atoms with van der Waals surface area (Å²) in [6.07, 6.45) is 3.89. The molecule has 2 aliphatic rings. The van der Waals surface area contributed by atoms with Crippen LogP contribution in [-0.4, -0.2) is 67.4 Å². The van der Waals surface area contributed by atoms with E-state index in [1.165, 1.54) is 0 Å². The van der Waals surface area contributed by atoms with Crippen molar-refractivity contribution < 1.29 is 14.3 Å². The number of fused-ring (bicyclic) bond motifs is 1. The molecule has 0 aliphatic carbocycles. The highest BCUT2D eigenvalue weighted by molar-refractivity contribution is 8.01. The number of thioether (sulfide) groups is 1. The van der Waals surface area contributed by atoms with E-state index < -0.39 is 0 Å². The molecule has 7 heteroatoms. The zero-order valence-electron chi connectivity index (χ0n) is 23.1. The minimum atomic E-state index is -0.114. The van der Waals surface area contributed by atoms with Gasteiger partial charge in [0.2, 0.25) is 5.91 Å². The number of rotatable bonds is 8. The number of ether oxygens (including phenoxy) is 1. The second-order valence-corrected chi connectivity index (χ2v) is 12.0. The van der Waals surface area contributed by atoms with Crippen molar-refractivity contribution in [2.24, 2.45) is 5.92 Å². The Labute approximate surface area is 217 Å². The Kier molecular flexibility index (Phi) is 12.1. The van der Waals surface area contributed by atoms with Crippen molar-refractivity contribution in [2.75, 3.05) is 38.3 Å². The number of aryl methyl sites for hydroxylation is 1. The lowest BCUT2D eigenvalue weighted by molar-refractivity contribution is -0.118. The van der Waals surface area contributed by atoms with Gasteiger partial charge in [0.1, 0.15) is 0 Å². The molecule has 35 heavy (non-hydrogen) atoms. The van der Waals surface area contributed by atoms with Gasteiger partial charge in [-0.15, -0.1) is 11.8 Å². The molecule has 1 aromatic carbocycles. The monoisotopic (exact) mass is 505 g/mol. The summed E-state index contributed by atoms with van der Waals surface area (Å²) in [5.41, 5.74) is 2.57. The van der Waals surface area contributed by atoms with Crippen LogP contribution < -0.4 is 10.2 Å². The molecule has 0 aromatic heterocycles. The highest BCUT2D eigenvalue weighted by atomic mass is 32.2. The van der Waals surface area contributed by atoms with Crippen LogP contribution >= 0.6 is 11.8 Å². The van der Waals surface area contributed by atoms with E-state index in [2.05, 4.69) is 46.0 Å². The average Bonchev–Trinajstić information content (AvgIpc) is 2.79. The number of unbranched alkanes of at least 4 members (excludes halogenated alkanes) is 1. The van der Waals surface area contributed by atoms with Gasteiger partial charge in [-0.25, -0.2) is 0 Å². The van der Waals surface area contributed by atoms with Gasteiger partial charge in [0.05, 0.1) is 10.9 Å². The van der Waals surface area contributed by atoms with E-state index >= 15 is 0 Å². The second kappa shape index (κ2) is 14.2. The number of amides is 2. The Morgan fingerprint density at radius 2 is 1.91 bits per heavy atom. The Balaban J connectivity index is 0.00000100. The van der Waals surface area contributed by atoms with E-state index in [1.807, 2.05) is 29.7 Å². The summed E-state index contributed by atoms with van der Waals surface area (Å²) in [6.45, 7) is 17.8. The number of piperidine rings is 1. The number of methoxy groups -OCH3 is 1. The standard InChI is InChI=1S/C24H37N3O3S.C4H10/c1-16(2)27(19-9-8-10-25-15-19)24(29)20-14-21-22(13-17(20)3)31-18(4)23(28)26(21)11-6-7-12-30-5;1-4(2)3/h13-14,16,18-19,25H,6-12,15H2,1-5H3;4H,1-3H3/t18?,19-;/m1./s1. The normalized spacial score (nSPS) is 19.9. The summed E-state index contributed by atoms with van der Waals surface area (Å²) in [4.78, 5) is 31.7. The maximum atomic E-state index is 13.7. The first-order valence-electron chi connectivity index (χ1n) is 13.2. The molecule has 2 heterocycles. The quantitative estimate of drug-likeness (QED) is 0.472.